The Hall–Kier alpha value is -2.15. The third-order valence-electron chi connectivity index (χ3n) is 3.73. The molecule has 26 heavy (non-hydrogen) atoms. The highest BCUT2D eigenvalue weighted by Gasteiger charge is 2.49. The third-order valence-corrected chi connectivity index (χ3v) is 5.77. The summed E-state index contributed by atoms with van der Waals surface area (Å²) < 4.78 is 63.2. The number of hydrogen-bond donors (Lipinski definition) is 1. The van der Waals surface area contributed by atoms with Gasteiger partial charge in [0.15, 0.2) is 0 Å². The lowest BCUT2D eigenvalue weighted by atomic mass is 10.1. The number of likely N-dealkylation sites (tertiary alicyclic amines) is 1. The highest BCUT2D eigenvalue weighted by molar-refractivity contribution is 7.87. The van der Waals surface area contributed by atoms with Gasteiger partial charge in [-0.25, -0.2) is 4.98 Å². The first-order valence-corrected chi connectivity index (χ1v) is 9.67. The lowest BCUT2D eigenvalue weighted by Crippen LogP contribution is -2.35. The van der Waals surface area contributed by atoms with E-state index >= 15 is 0 Å². The zero-order valence-electron chi connectivity index (χ0n) is 13.1. The van der Waals surface area contributed by atoms with Gasteiger partial charge >= 0.3 is 15.6 Å². The number of amides is 1. The molecule has 2 N–H and O–H groups in total. The summed E-state index contributed by atoms with van der Waals surface area (Å²) in [5, 5.41) is 0. The van der Waals surface area contributed by atoms with E-state index in [-0.39, 0.29) is 26.8 Å². The van der Waals surface area contributed by atoms with Gasteiger partial charge in [0.25, 0.3) is 11.8 Å². The van der Waals surface area contributed by atoms with E-state index in [1.165, 1.54) is 0 Å². The highest BCUT2D eigenvalue weighted by atomic mass is 32.2. The summed E-state index contributed by atoms with van der Waals surface area (Å²) in [6.07, 6.45) is 3.49. The number of carbonyl (C=O) groups excluding carboxylic acids is 1. The number of piperidine rings is 1. The topological polar surface area (TPSA) is 115 Å². The summed E-state index contributed by atoms with van der Waals surface area (Å²) in [7, 11) is -5.86. The lowest BCUT2D eigenvalue weighted by molar-refractivity contribution is -0.0501. The Labute approximate surface area is 149 Å². The van der Waals surface area contributed by atoms with Gasteiger partial charge < -0.3 is 14.8 Å². The summed E-state index contributed by atoms with van der Waals surface area (Å²) in [4.78, 5) is 21.8. The number of hydrogen-bond acceptors (Lipinski definition) is 8. The van der Waals surface area contributed by atoms with Crippen molar-refractivity contribution in [3.05, 3.63) is 11.1 Å². The number of halogens is 3. The van der Waals surface area contributed by atoms with Crippen LogP contribution in [-0.4, -0.2) is 47.8 Å². The molecule has 0 radical (unpaired) electrons. The number of fused-ring (bicyclic) bond motifs is 1. The number of nitrogens with zero attached hydrogens (tertiary/aromatic N) is 3. The van der Waals surface area contributed by atoms with Crippen molar-refractivity contribution in [3.63, 3.8) is 0 Å². The standard InChI is InChI=1S/C13H13F3N4O4S2/c14-13(15,16)26(22,23)24-7-6-18-9-8(17)10(25-11(9)19-7)12(21)20-4-2-1-3-5-20/h6H,1-5,17H2. The van der Waals surface area contributed by atoms with Crippen molar-refractivity contribution in [2.45, 2.75) is 24.8 Å². The predicted molar refractivity (Wildman–Crippen MR) is 87.2 cm³/mol. The number of alkyl halides is 3. The fourth-order valence-corrected chi connectivity index (χ4v) is 3.88. The molecule has 3 heterocycles. The quantitative estimate of drug-likeness (QED) is 0.609. The Bertz CT molecular complexity index is 952. The van der Waals surface area contributed by atoms with Gasteiger partial charge in [-0.3, -0.25) is 4.79 Å². The summed E-state index contributed by atoms with van der Waals surface area (Å²) in [5.41, 5.74) is 0.483. The van der Waals surface area contributed by atoms with E-state index in [1.807, 2.05) is 0 Å². The van der Waals surface area contributed by atoms with Crippen LogP contribution in [0.3, 0.4) is 0 Å². The average Bonchev–Trinajstić information content (AvgIpc) is 2.90. The van der Waals surface area contributed by atoms with Crippen LogP contribution >= 0.6 is 11.3 Å². The van der Waals surface area contributed by atoms with E-state index in [9.17, 15) is 26.4 Å². The number of nitrogen functional groups attached to an aromatic ring is 1. The van der Waals surface area contributed by atoms with E-state index in [0.717, 1.165) is 30.6 Å². The minimum atomic E-state index is -5.86. The van der Waals surface area contributed by atoms with Crippen molar-refractivity contribution < 1.29 is 30.6 Å². The highest BCUT2D eigenvalue weighted by Crippen LogP contribution is 2.34. The lowest BCUT2D eigenvalue weighted by Gasteiger charge is -2.26. The SMILES string of the molecule is Nc1c(C(=O)N2CCCCC2)sc2nc(OS(=O)(=O)C(F)(F)F)cnc12. The Morgan fingerprint density at radius 1 is 1.27 bits per heavy atom. The molecule has 0 bridgehead atoms. The molecular formula is C13H13F3N4O4S2. The molecule has 13 heteroatoms. The first-order valence-electron chi connectivity index (χ1n) is 7.45. The van der Waals surface area contributed by atoms with E-state index < -0.39 is 21.5 Å². The first-order chi connectivity index (χ1) is 12.1. The summed E-state index contributed by atoms with van der Waals surface area (Å²) in [6.45, 7) is 1.18. The predicted octanol–water partition coefficient (Wildman–Crippen LogP) is 2.13. The summed E-state index contributed by atoms with van der Waals surface area (Å²) >= 11 is 0.827. The molecule has 2 aromatic heterocycles. The van der Waals surface area contributed by atoms with Crippen LogP contribution in [0.2, 0.25) is 0 Å². The van der Waals surface area contributed by atoms with Crippen molar-refractivity contribution in [1.29, 1.82) is 0 Å². The Morgan fingerprint density at radius 3 is 2.54 bits per heavy atom. The van der Waals surface area contributed by atoms with Gasteiger partial charge in [-0.1, -0.05) is 0 Å². The van der Waals surface area contributed by atoms with Crippen LogP contribution < -0.4 is 9.92 Å². The van der Waals surface area contributed by atoms with Crippen LogP contribution in [0.4, 0.5) is 18.9 Å². The molecular weight excluding hydrogens is 397 g/mol. The van der Waals surface area contributed by atoms with Crippen LogP contribution in [0.1, 0.15) is 28.9 Å². The monoisotopic (exact) mass is 410 g/mol. The number of aromatic nitrogens is 2. The van der Waals surface area contributed by atoms with E-state index in [2.05, 4.69) is 14.2 Å². The van der Waals surface area contributed by atoms with Gasteiger partial charge in [0.05, 0.1) is 11.9 Å². The maximum Gasteiger partial charge on any atom is 0.534 e. The second kappa shape index (κ2) is 6.54. The number of carbonyl (C=O) groups is 1. The maximum atomic E-state index is 12.6. The fraction of sp³-hybridized carbons (Fsp3) is 0.462. The number of nitrogens with two attached hydrogens (primary N) is 1. The van der Waals surface area contributed by atoms with E-state index in [4.69, 9.17) is 5.73 Å². The van der Waals surface area contributed by atoms with Crippen LogP contribution in [0.15, 0.2) is 6.20 Å². The summed E-state index contributed by atoms with van der Waals surface area (Å²) in [6, 6.07) is 0. The fourth-order valence-electron chi connectivity index (χ4n) is 2.47. The van der Waals surface area contributed by atoms with Gasteiger partial charge in [0.1, 0.15) is 15.2 Å². The van der Waals surface area contributed by atoms with Crippen molar-refractivity contribution in [2.75, 3.05) is 18.8 Å². The molecule has 1 aliphatic rings. The minimum absolute atomic E-state index is 0.0118. The number of thiophene rings is 1. The molecule has 1 saturated heterocycles. The normalized spacial score (nSPS) is 16.0. The second-order valence-corrected chi connectivity index (χ2v) is 8.08. The summed E-state index contributed by atoms with van der Waals surface area (Å²) in [5.74, 6) is -1.16. The van der Waals surface area contributed by atoms with Gasteiger partial charge in [-0.05, 0) is 19.3 Å². The smallest absolute Gasteiger partial charge is 0.396 e. The third kappa shape index (κ3) is 3.40. The minimum Gasteiger partial charge on any atom is -0.396 e. The van der Waals surface area contributed by atoms with Crippen LogP contribution in [-0.2, 0) is 10.1 Å². The zero-order valence-corrected chi connectivity index (χ0v) is 14.7. The Balaban J connectivity index is 1.93. The van der Waals surface area contributed by atoms with Gasteiger partial charge in [-0.15, -0.1) is 11.3 Å². The van der Waals surface area contributed by atoms with Crippen molar-refractivity contribution in [1.82, 2.24) is 14.9 Å². The molecule has 3 rings (SSSR count). The number of rotatable bonds is 3. The molecule has 0 aliphatic carbocycles. The largest absolute Gasteiger partial charge is 0.534 e. The van der Waals surface area contributed by atoms with E-state index in [1.54, 1.807) is 4.90 Å². The van der Waals surface area contributed by atoms with Crippen LogP contribution in [0.5, 0.6) is 5.88 Å². The molecule has 1 fully saturated rings. The average molecular weight is 410 g/mol. The molecule has 142 valence electrons. The van der Waals surface area contributed by atoms with E-state index in [0.29, 0.717) is 19.3 Å². The Kier molecular flexibility index (Phi) is 4.69. The molecule has 0 saturated carbocycles. The van der Waals surface area contributed by atoms with Gasteiger partial charge in [0.2, 0.25) is 0 Å². The van der Waals surface area contributed by atoms with Gasteiger partial charge in [0, 0.05) is 13.1 Å². The van der Waals surface area contributed by atoms with Gasteiger partial charge in [-0.2, -0.15) is 26.6 Å². The van der Waals surface area contributed by atoms with Crippen molar-refractivity contribution in [2.24, 2.45) is 0 Å². The number of anilines is 1. The maximum absolute atomic E-state index is 12.6. The Morgan fingerprint density at radius 2 is 1.92 bits per heavy atom. The van der Waals surface area contributed by atoms with Crippen LogP contribution in [0.25, 0.3) is 10.3 Å². The van der Waals surface area contributed by atoms with Crippen molar-refractivity contribution >= 4 is 43.4 Å². The molecule has 0 atom stereocenters. The molecule has 1 aliphatic heterocycles. The zero-order chi connectivity index (χ0) is 19.1. The molecule has 8 nitrogen and oxygen atoms in total. The molecule has 2 aromatic rings. The van der Waals surface area contributed by atoms with Crippen LogP contribution in [0, 0.1) is 0 Å². The van der Waals surface area contributed by atoms with Crippen molar-refractivity contribution in [3.8, 4) is 5.88 Å². The molecule has 1 amide bonds. The first kappa shape index (κ1) is 18.6. The second-order valence-electron chi connectivity index (χ2n) is 5.54. The molecule has 0 spiro atoms. The molecule has 0 aromatic carbocycles. The molecule has 0 unspecified atom stereocenters.